The Hall–Kier alpha value is -1.38. The minimum Gasteiger partial charge on any atom is -0.326 e. The van der Waals surface area contributed by atoms with Gasteiger partial charge < -0.3 is 11.1 Å². The summed E-state index contributed by atoms with van der Waals surface area (Å²) in [6.45, 7) is 2.23. The van der Waals surface area contributed by atoms with E-state index in [9.17, 15) is 8.42 Å². The first kappa shape index (κ1) is 27.7. The van der Waals surface area contributed by atoms with Crippen LogP contribution in [0, 0.1) is 0 Å². The molecule has 3 aromatic rings. The standard InChI is InChI=1S/C22H26ClN3O2S.2ClH/c23-22-20-6-2-1-5-19(20)11-12-21(22)29(27,28)26-15-14-25-13-3-4-17-7-9-18(16-24)10-8-17;;/h1-2,5-12,25-26H,3-4,13-16,24H2;2*1H. The molecule has 0 saturated heterocycles. The number of aryl methyl sites for hydroxylation is 1. The summed E-state index contributed by atoms with van der Waals surface area (Å²) in [4.78, 5) is 0.110. The molecule has 3 rings (SSSR count). The highest BCUT2D eigenvalue weighted by Crippen LogP contribution is 2.29. The number of fused-ring (bicyclic) bond motifs is 1. The van der Waals surface area contributed by atoms with Gasteiger partial charge in [0.05, 0.1) is 5.02 Å². The Morgan fingerprint density at radius 3 is 2.23 bits per heavy atom. The van der Waals surface area contributed by atoms with Crippen LogP contribution >= 0.6 is 36.4 Å². The topological polar surface area (TPSA) is 84.2 Å². The number of halogens is 3. The summed E-state index contributed by atoms with van der Waals surface area (Å²) in [6, 6.07) is 19.1. The van der Waals surface area contributed by atoms with Crippen molar-refractivity contribution < 1.29 is 8.42 Å². The maximum atomic E-state index is 12.6. The summed E-state index contributed by atoms with van der Waals surface area (Å²) >= 11 is 6.34. The average molecular weight is 505 g/mol. The molecule has 0 spiro atoms. The largest absolute Gasteiger partial charge is 0.326 e. The molecule has 0 unspecified atom stereocenters. The van der Waals surface area contributed by atoms with Gasteiger partial charge in [0, 0.05) is 25.0 Å². The van der Waals surface area contributed by atoms with Crippen LogP contribution in [0.25, 0.3) is 10.8 Å². The number of nitrogens with two attached hydrogens (primary N) is 1. The summed E-state index contributed by atoms with van der Waals surface area (Å²) < 4.78 is 27.8. The zero-order valence-corrected chi connectivity index (χ0v) is 20.2. The van der Waals surface area contributed by atoms with Crippen LogP contribution in [0.4, 0.5) is 0 Å². The summed E-state index contributed by atoms with van der Waals surface area (Å²) in [5.74, 6) is 0. The number of sulfonamides is 1. The lowest BCUT2D eigenvalue weighted by Crippen LogP contribution is -2.32. The van der Waals surface area contributed by atoms with Crippen LogP contribution in [-0.2, 0) is 23.0 Å². The summed E-state index contributed by atoms with van der Waals surface area (Å²) in [6.07, 6.45) is 1.95. The Kier molecular flexibility index (Phi) is 11.8. The zero-order valence-electron chi connectivity index (χ0n) is 17.0. The van der Waals surface area contributed by atoms with Crippen molar-refractivity contribution in [1.82, 2.24) is 10.0 Å². The minimum absolute atomic E-state index is 0. The lowest BCUT2D eigenvalue weighted by atomic mass is 10.1. The van der Waals surface area contributed by atoms with Crippen LogP contribution in [0.3, 0.4) is 0 Å². The van der Waals surface area contributed by atoms with Gasteiger partial charge in [0.1, 0.15) is 4.90 Å². The van der Waals surface area contributed by atoms with Gasteiger partial charge in [0.2, 0.25) is 10.0 Å². The second-order valence-corrected chi connectivity index (χ2v) is 8.98. The number of nitrogens with one attached hydrogen (secondary N) is 2. The van der Waals surface area contributed by atoms with Crippen molar-refractivity contribution in [3.05, 3.63) is 76.8 Å². The molecule has 0 bridgehead atoms. The van der Waals surface area contributed by atoms with E-state index >= 15 is 0 Å². The first-order valence-corrected chi connectivity index (χ1v) is 11.5. The first-order chi connectivity index (χ1) is 14.0. The molecule has 9 heteroatoms. The monoisotopic (exact) mass is 503 g/mol. The molecule has 170 valence electrons. The third kappa shape index (κ3) is 7.61. The van der Waals surface area contributed by atoms with Crippen LogP contribution in [-0.4, -0.2) is 28.1 Å². The molecule has 4 N–H and O–H groups in total. The van der Waals surface area contributed by atoms with Gasteiger partial charge in [-0.2, -0.15) is 0 Å². The Bertz CT molecular complexity index is 1060. The van der Waals surface area contributed by atoms with E-state index in [4.69, 9.17) is 17.3 Å². The molecule has 0 amide bonds. The maximum absolute atomic E-state index is 12.6. The normalized spacial score (nSPS) is 11.0. The third-order valence-corrected chi connectivity index (χ3v) is 6.81. The van der Waals surface area contributed by atoms with Crippen LogP contribution < -0.4 is 15.8 Å². The van der Waals surface area contributed by atoms with Crippen molar-refractivity contribution in [2.75, 3.05) is 19.6 Å². The average Bonchev–Trinajstić information content (AvgIpc) is 2.73. The maximum Gasteiger partial charge on any atom is 0.242 e. The fourth-order valence-electron chi connectivity index (χ4n) is 3.16. The Balaban J connectivity index is 0.00000240. The molecule has 0 heterocycles. The molecular weight excluding hydrogens is 477 g/mol. The lowest BCUT2D eigenvalue weighted by Gasteiger charge is -2.11. The summed E-state index contributed by atoms with van der Waals surface area (Å²) in [5.41, 5.74) is 8.01. The van der Waals surface area contributed by atoms with Crippen LogP contribution in [0.2, 0.25) is 5.02 Å². The van der Waals surface area contributed by atoms with Crippen molar-refractivity contribution in [2.45, 2.75) is 24.3 Å². The third-order valence-electron chi connectivity index (χ3n) is 4.79. The van der Waals surface area contributed by atoms with Gasteiger partial charge in [-0.15, -0.1) is 24.8 Å². The molecule has 0 aromatic heterocycles. The second kappa shape index (κ2) is 13.2. The highest BCUT2D eigenvalue weighted by atomic mass is 35.5. The molecule has 0 fully saturated rings. The number of rotatable bonds is 10. The molecule has 0 aliphatic heterocycles. The van der Waals surface area contributed by atoms with Gasteiger partial charge in [0.25, 0.3) is 0 Å². The molecule has 0 aliphatic carbocycles. The predicted octanol–water partition coefficient (Wildman–Crippen LogP) is 4.30. The molecule has 31 heavy (non-hydrogen) atoms. The van der Waals surface area contributed by atoms with E-state index in [1.54, 1.807) is 12.1 Å². The van der Waals surface area contributed by atoms with Crippen molar-refractivity contribution in [2.24, 2.45) is 5.73 Å². The molecule has 5 nitrogen and oxygen atoms in total. The van der Waals surface area contributed by atoms with Gasteiger partial charge >= 0.3 is 0 Å². The van der Waals surface area contributed by atoms with Crippen LogP contribution in [0.15, 0.2) is 65.6 Å². The highest BCUT2D eigenvalue weighted by molar-refractivity contribution is 7.89. The predicted molar refractivity (Wildman–Crippen MR) is 134 cm³/mol. The summed E-state index contributed by atoms with van der Waals surface area (Å²) in [7, 11) is -3.66. The van der Waals surface area contributed by atoms with E-state index < -0.39 is 10.0 Å². The van der Waals surface area contributed by atoms with E-state index in [-0.39, 0.29) is 34.7 Å². The van der Waals surface area contributed by atoms with E-state index in [1.807, 2.05) is 24.3 Å². The molecular formula is C22H28Cl3N3O2S. The van der Waals surface area contributed by atoms with E-state index in [0.29, 0.717) is 19.6 Å². The smallest absolute Gasteiger partial charge is 0.242 e. The Morgan fingerprint density at radius 2 is 1.52 bits per heavy atom. The van der Waals surface area contributed by atoms with Crippen molar-refractivity contribution in [3.8, 4) is 0 Å². The Morgan fingerprint density at radius 1 is 0.839 bits per heavy atom. The van der Waals surface area contributed by atoms with E-state index in [2.05, 4.69) is 34.3 Å². The number of benzene rings is 3. The lowest BCUT2D eigenvalue weighted by molar-refractivity contribution is 0.574. The Labute approximate surface area is 201 Å². The quantitative estimate of drug-likeness (QED) is 0.360. The van der Waals surface area contributed by atoms with Crippen LogP contribution in [0.1, 0.15) is 17.5 Å². The van der Waals surface area contributed by atoms with Crippen LogP contribution in [0.5, 0.6) is 0 Å². The highest BCUT2D eigenvalue weighted by Gasteiger charge is 2.18. The number of hydrogen-bond acceptors (Lipinski definition) is 4. The first-order valence-electron chi connectivity index (χ1n) is 9.67. The molecule has 0 aliphatic rings. The van der Waals surface area contributed by atoms with Crippen molar-refractivity contribution >= 4 is 57.2 Å². The van der Waals surface area contributed by atoms with E-state index in [1.165, 1.54) is 5.56 Å². The molecule has 0 atom stereocenters. The van der Waals surface area contributed by atoms with Gasteiger partial charge in [-0.3, -0.25) is 0 Å². The summed E-state index contributed by atoms with van der Waals surface area (Å²) in [5, 5.41) is 5.16. The van der Waals surface area contributed by atoms with Gasteiger partial charge in [0.15, 0.2) is 0 Å². The van der Waals surface area contributed by atoms with Gasteiger partial charge in [-0.1, -0.05) is 66.2 Å². The molecule has 3 aromatic carbocycles. The van der Waals surface area contributed by atoms with Gasteiger partial charge in [-0.25, -0.2) is 13.1 Å². The molecule has 0 radical (unpaired) electrons. The van der Waals surface area contributed by atoms with E-state index in [0.717, 1.165) is 35.7 Å². The number of hydrogen-bond donors (Lipinski definition) is 3. The zero-order chi connectivity index (χ0) is 20.7. The second-order valence-electron chi connectivity index (χ2n) is 6.87. The van der Waals surface area contributed by atoms with Gasteiger partial charge in [-0.05, 0) is 42.0 Å². The minimum atomic E-state index is -3.66. The molecule has 0 saturated carbocycles. The van der Waals surface area contributed by atoms with Crippen molar-refractivity contribution in [1.29, 1.82) is 0 Å². The SMILES string of the molecule is Cl.Cl.NCc1ccc(CCCNCCNS(=O)(=O)c2ccc3ccccc3c2Cl)cc1. The fraction of sp³-hybridized carbons (Fsp3) is 0.273. The van der Waals surface area contributed by atoms with Crippen molar-refractivity contribution in [3.63, 3.8) is 0 Å². The fourth-order valence-corrected chi connectivity index (χ4v) is 4.82.